The van der Waals surface area contributed by atoms with E-state index in [4.69, 9.17) is 14.2 Å². The zero-order valence-corrected chi connectivity index (χ0v) is 18.4. The monoisotopic (exact) mass is 417 g/mol. The predicted octanol–water partition coefficient (Wildman–Crippen LogP) is 5.69. The first-order valence-corrected chi connectivity index (χ1v) is 11.1. The Bertz CT molecular complexity index is 987. The zero-order chi connectivity index (χ0) is 21.5. The summed E-state index contributed by atoms with van der Waals surface area (Å²) >= 11 is 0. The van der Waals surface area contributed by atoms with Crippen LogP contribution < -0.4 is 19.5 Å². The molecule has 0 bridgehead atoms. The van der Waals surface area contributed by atoms with Crippen LogP contribution in [0.3, 0.4) is 0 Å². The fourth-order valence-corrected chi connectivity index (χ4v) is 3.99. The Morgan fingerprint density at radius 2 is 1.81 bits per heavy atom. The van der Waals surface area contributed by atoms with Crippen molar-refractivity contribution in [1.29, 1.82) is 0 Å². The van der Waals surface area contributed by atoms with E-state index in [1.807, 2.05) is 24.3 Å². The lowest BCUT2D eigenvalue weighted by Crippen LogP contribution is -2.30. The Labute approximate surface area is 185 Å². The molecule has 1 unspecified atom stereocenters. The standard InChI is InChI=1S/C27H31NO3/c1-3-4-15-30-23-12-8-11-22(16-23)27-24-18-26(31-19-20-9-6-5-7-10-20)25(29-2)17-21(24)13-14-28-27/h5-12,16-18,27-28H,3-4,13-15,19H2,1-2H3. The molecule has 0 saturated carbocycles. The van der Waals surface area contributed by atoms with Gasteiger partial charge in [0.2, 0.25) is 0 Å². The molecular weight excluding hydrogens is 386 g/mol. The summed E-state index contributed by atoms with van der Waals surface area (Å²) in [4.78, 5) is 0. The van der Waals surface area contributed by atoms with Crippen molar-refractivity contribution in [3.63, 3.8) is 0 Å². The van der Waals surface area contributed by atoms with Crippen LogP contribution >= 0.6 is 0 Å². The number of ether oxygens (including phenoxy) is 3. The number of rotatable bonds is 9. The van der Waals surface area contributed by atoms with Crippen molar-refractivity contribution in [3.8, 4) is 17.2 Å². The SMILES string of the molecule is CCCCOc1cccc(C2NCCc3cc(OC)c(OCc4ccccc4)cc32)c1. The molecule has 4 rings (SSSR count). The third kappa shape index (κ3) is 5.20. The van der Waals surface area contributed by atoms with E-state index < -0.39 is 0 Å². The average Bonchev–Trinajstić information content (AvgIpc) is 2.82. The lowest BCUT2D eigenvalue weighted by molar-refractivity contribution is 0.283. The molecule has 4 heteroatoms. The van der Waals surface area contributed by atoms with Crippen LogP contribution in [0.15, 0.2) is 66.7 Å². The van der Waals surface area contributed by atoms with Gasteiger partial charge in [0.1, 0.15) is 12.4 Å². The number of methoxy groups -OCH3 is 1. The summed E-state index contributed by atoms with van der Waals surface area (Å²) in [5.41, 5.74) is 4.87. The lowest BCUT2D eigenvalue weighted by Gasteiger charge is -2.29. The highest BCUT2D eigenvalue weighted by Crippen LogP contribution is 2.38. The fourth-order valence-electron chi connectivity index (χ4n) is 3.99. The number of hydrogen-bond acceptors (Lipinski definition) is 4. The topological polar surface area (TPSA) is 39.7 Å². The Morgan fingerprint density at radius 1 is 0.935 bits per heavy atom. The molecule has 0 saturated heterocycles. The molecule has 3 aromatic carbocycles. The highest BCUT2D eigenvalue weighted by Gasteiger charge is 2.24. The van der Waals surface area contributed by atoms with E-state index in [-0.39, 0.29) is 6.04 Å². The van der Waals surface area contributed by atoms with Crippen molar-refractivity contribution >= 4 is 0 Å². The lowest BCUT2D eigenvalue weighted by atomic mass is 9.89. The van der Waals surface area contributed by atoms with E-state index in [2.05, 4.69) is 54.7 Å². The van der Waals surface area contributed by atoms with Crippen LogP contribution in [0.4, 0.5) is 0 Å². The molecule has 1 aliphatic rings. The second-order valence-electron chi connectivity index (χ2n) is 7.89. The minimum Gasteiger partial charge on any atom is -0.494 e. The molecule has 3 aromatic rings. The van der Waals surface area contributed by atoms with Crippen molar-refractivity contribution < 1.29 is 14.2 Å². The third-order valence-electron chi connectivity index (χ3n) is 5.67. The van der Waals surface area contributed by atoms with Crippen molar-refractivity contribution in [2.24, 2.45) is 0 Å². The van der Waals surface area contributed by atoms with Crippen LogP contribution in [0, 0.1) is 0 Å². The minimum absolute atomic E-state index is 0.100. The van der Waals surface area contributed by atoms with Gasteiger partial charge in [0, 0.05) is 6.54 Å². The van der Waals surface area contributed by atoms with Gasteiger partial charge >= 0.3 is 0 Å². The maximum absolute atomic E-state index is 6.18. The maximum Gasteiger partial charge on any atom is 0.162 e. The average molecular weight is 418 g/mol. The molecule has 1 aliphatic heterocycles. The van der Waals surface area contributed by atoms with Crippen molar-refractivity contribution in [3.05, 3.63) is 89.0 Å². The number of hydrogen-bond donors (Lipinski definition) is 1. The molecule has 162 valence electrons. The molecule has 0 spiro atoms. The fraction of sp³-hybridized carbons (Fsp3) is 0.333. The van der Waals surface area contributed by atoms with Crippen LogP contribution in [0.25, 0.3) is 0 Å². The molecule has 1 heterocycles. The highest BCUT2D eigenvalue weighted by atomic mass is 16.5. The van der Waals surface area contributed by atoms with Gasteiger partial charge in [-0.2, -0.15) is 0 Å². The number of benzene rings is 3. The summed E-state index contributed by atoms with van der Waals surface area (Å²) < 4.78 is 17.8. The number of fused-ring (bicyclic) bond motifs is 1. The maximum atomic E-state index is 6.18. The summed E-state index contributed by atoms with van der Waals surface area (Å²) in [6.45, 7) is 4.36. The third-order valence-corrected chi connectivity index (χ3v) is 5.67. The van der Waals surface area contributed by atoms with Crippen molar-refractivity contribution in [1.82, 2.24) is 5.32 Å². The van der Waals surface area contributed by atoms with Crippen molar-refractivity contribution in [2.75, 3.05) is 20.3 Å². The van der Waals surface area contributed by atoms with E-state index in [0.29, 0.717) is 6.61 Å². The van der Waals surface area contributed by atoms with Crippen LogP contribution in [0.5, 0.6) is 17.2 Å². The molecular formula is C27H31NO3. The first-order valence-electron chi connectivity index (χ1n) is 11.1. The van der Waals surface area contributed by atoms with Crippen molar-refractivity contribution in [2.45, 2.75) is 38.8 Å². The molecule has 0 amide bonds. The van der Waals surface area contributed by atoms with E-state index in [1.54, 1.807) is 7.11 Å². The van der Waals surface area contributed by atoms with E-state index in [1.165, 1.54) is 16.7 Å². The number of unbranched alkanes of at least 4 members (excludes halogenated alkanes) is 1. The first-order chi connectivity index (χ1) is 15.3. The van der Waals surface area contributed by atoms with Crippen LogP contribution in [-0.4, -0.2) is 20.3 Å². The van der Waals surface area contributed by atoms with Gasteiger partial charge in [0.25, 0.3) is 0 Å². The van der Waals surface area contributed by atoms with E-state index in [0.717, 1.165) is 55.2 Å². The normalized spacial score (nSPS) is 15.2. The zero-order valence-electron chi connectivity index (χ0n) is 18.4. The van der Waals surface area contributed by atoms with Gasteiger partial charge in [-0.3, -0.25) is 0 Å². The molecule has 1 atom stereocenters. The van der Waals surface area contributed by atoms with Gasteiger partial charge in [-0.15, -0.1) is 0 Å². The van der Waals surface area contributed by atoms with Gasteiger partial charge in [-0.1, -0.05) is 55.8 Å². The Hall–Kier alpha value is -2.98. The highest BCUT2D eigenvalue weighted by molar-refractivity contribution is 5.52. The second kappa shape index (κ2) is 10.4. The van der Waals surface area contributed by atoms with Gasteiger partial charge < -0.3 is 19.5 Å². The van der Waals surface area contributed by atoms with Gasteiger partial charge in [0.15, 0.2) is 11.5 Å². The molecule has 0 aromatic heterocycles. The summed E-state index contributed by atoms with van der Waals surface area (Å²) in [5.74, 6) is 2.48. The molecule has 4 nitrogen and oxygen atoms in total. The first kappa shape index (κ1) is 21.3. The molecule has 1 N–H and O–H groups in total. The van der Waals surface area contributed by atoms with Crippen LogP contribution in [-0.2, 0) is 13.0 Å². The molecule has 0 aliphatic carbocycles. The van der Waals surface area contributed by atoms with Gasteiger partial charge in [-0.25, -0.2) is 0 Å². The molecule has 31 heavy (non-hydrogen) atoms. The van der Waals surface area contributed by atoms with E-state index in [9.17, 15) is 0 Å². The second-order valence-corrected chi connectivity index (χ2v) is 7.89. The Morgan fingerprint density at radius 3 is 2.61 bits per heavy atom. The summed E-state index contributed by atoms with van der Waals surface area (Å²) in [5, 5.41) is 3.67. The van der Waals surface area contributed by atoms with Gasteiger partial charge in [-0.05, 0) is 59.4 Å². The van der Waals surface area contributed by atoms with Crippen LogP contribution in [0.2, 0.25) is 0 Å². The van der Waals surface area contributed by atoms with Gasteiger partial charge in [0.05, 0.1) is 19.8 Å². The minimum atomic E-state index is 0.100. The largest absolute Gasteiger partial charge is 0.494 e. The predicted molar refractivity (Wildman–Crippen MR) is 124 cm³/mol. The smallest absolute Gasteiger partial charge is 0.162 e. The molecule has 0 radical (unpaired) electrons. The summed E-state index contributed by atoms with van der Waals surface area (Å²) in [6, 6.07) is 23.0. The molecule has 0 fully saturated rings. The quantitative estimate of drug-likeness (QED) is 0.454. The Kier molecular flexibility index (Phi) is 7.11. The van der Waals surface area contributed by atoms with E-state index >= 15 is 0 Å². The number of nitrogens with one attached hydrogen (secondary N) is 1. The van der Waals surface area contributed by atoms with Crippen LogP contribution in [0.1, 0.15) is 48.1 Å². The Balaban J connectivity index is 1.60. The summed E-state index contributed by atoms with van der Waals surface area (Å²) in [6.07, 6.45) is 3.16. The summed E-state index contributed by atoms with van der Waals surface area (Å²) in [7, 11) is 1.70.